The summed E-state index contributed by atoms with van der Waals surface area (Å²) in [5.41, 5.74) is 2.68. The van der Waals surface area contributed by atoms with Crippen molar-refractivity contribution in [2.24, 2.45) is 0 Å². The Balaban J connectivity index is 2.10. The number of ether oxygens (including phenoxy) is 1. The number of esters is 1. The second kappa shape index (κ2) is 5.96. The monoisotopic (exact) mass is 316 g/mol. The molecule has 0 spiro atoms. The largest absolute Gasteiger partial charge is 0.466 e. The van der Waals surface area contributed by atoms with Crippen LogP contribution in [-0.4, -0.2) is 13.1 Å². The van der Waals surface area contributed by atoms with Crippen molar-refractivity contribution < 1.29 is 9.53 Å². The smallest absolute Gasteiger partial charge is 0.335 e. The molecule has 0 amide bonds. The first-order valence-corrected chi connectivity index (χ1v) is 7.76. The van der Waals surface area contributed by atoms with Crippen molar-refractivity contribution in [2.45, 2.75) is 10.1 Å². The summed E-state index contributed by atoms with van der Waals surface area (Å²) < 4.78 is 4.93. The number of carbonyl (C=O) groups excluding carboxylic acids is 1. The predicted octanol–water partition coefficient (Wildman–Crippen LogP) is 4.74. The molecule has 0 aliphatic carbocycles. The molecule has 2 nitrogen and oxygen atoms in total. The number of halogens is 1. The Morgan fingerprint density at radius 1 is 1.19 bits per heavy atom. The van der Waals surface area contributed by atoms with E-state index in [0.717, 1.165) is 16.0 Å². The topological polar surface area (TPSA) is 26.3 Å². The number of hydrogen-bond donors (Lipinski definition) is 0. The summed E-state index contributed by atoms with van der Waals surface area (Å²) >= 11 is 7.68. The molecule has 3 rings (SSSR count). The lowest BCUT2D eigenvalue weighted by Gasteiger charge is -2.24. The van der Waals surface area contributed by atoms with Crippen molar-refractivity contribution in [2.75, 3.05) is 7.11 Å². The van der Waals surface area contributed by atoms with Crippen LogP contribution in [0, 0.1) is 0 Å². The highest BCUT2D eigenvalue weighted by Gasteiger charge is 2.29. The minimum Gasteiger partial charge on any atom is -0.466 e. The minimum absolute atomic E-state index is 0.0627. The van der Waals surface area contributed by atoms with Crippen molar-refractivity contribution >= 4 is 35.4 Å². The maximum absolute atomic E-state index is 12.1. The van der Waals surface area contributed by atoms with E-state index in [1.165, 1.54) is 7.11 Å². The Morgan fingerprint density at radius 3 is 2.67 bits per heavy atom. The van der Waals surface area contributed by atoms with Gasteiger partial charge in [-0.15, -0.1) is 11.8 Å². The molecule has 0 bridgehead atoms. The van der Waals surface area contributed by atoms with Crippen LogP contribution in [0.1, 0.15) is 16.4 Å². The zero-order valence-corrected chi connectivity index (χ0v) is 12.9. The van der Waals surface area contributed by atoms with Gasteiger partial charge < -0.3 is 4.74 Å². The normalized spacial score (nSPS) is 16.9. The van der Waals surface area contributed by atoms with E-state index >= 15 is 0 Å². The fraction of sp³-hybridized carbons (Fsp3) is 0.118. The van der Waals surface area contributed by atoms with Crippen LogP contribution in [0.4, 0.5) is 0 Å². The van der Waals surface area contributed by atoms with Gasteiger partial charge in [-0.25, -0.2) is 4.79 Å². The number of rotatable bonds is 2. The second-order valence-electron chi connectivity index (χ2n) is 4.68. The average Bonchev–Trinajstić information content (AvgIpc) is 2.53. The van der Waals surface area contributed by atoms with Gasteiger partial charge in [0.25, 0.3) is 0 Å². The zero-order valence-electron chi connectivity index (χ0n) is 11.4. The van der Waals surface area contributed by atoms with Gasteiger partial charge in [-0.3, -0.25) is 0 Å². The Labute approximate surface area is 132 Å². The molecule has 106 valence electrons. The summed E-state index contributed by atoms with van der Waals surface area (Å²) in [6, 6.07) is 15.7. The van der Waals surface area contributed by atoms with Crippen LogP contribution in [0.15, 0.2) is 59.0 Å². The molecule has 1 unspecified atom stereocenters. The number of methoxy groups -OCH3 is 1. The first kappa shape index (κ1) is 14.2. The summed E-state index contributed by atoms with van der Waals surface area (Å²) in [5, 5.41) is 0.598. The fourth-order valence-electron chi connectivity index (χ4n) is 2.33. The van der Waals surface area contributed by atoms with Crippen molar-refractivity contribution in [3.8, 4) is 0 Å². The molecule has 21 heavy (non-hydrogen) atoms. The third-order valence-electron chi connectivity index (χ3n) is 3.33. The average molecular weight is 317 g/mol. The van der Waals surface area contributed by atoms with Gasteiger partial charge in [0.05, 0.1) is 17.9 Å². The van der Waals surface area contributed by atoms with Crippen LogP contribution in [0.5, 0.6) is 0 Å². The second-order valence-corrected chi connectivity index (χ2v) is 6.27. The first-order valence-electron chi connectivity index (χ1n) is 6.50. The predicted molar refractivity (Wildman–Crippen MR) is 86.5 cm³/mol. The van der Waals surface area contributed by atoms with Crippen LogP contribution in [0.25, 0.3) is 6.08 Å². The van der Waals surface area contributed by atoms with Crippen LogP contribution in [0.3, 0.4) is 0 Å². The summed E-state index contributed by atoms with van der Waals surface area (Å²) in [7, 11) is 1.41. The number of fused-ring (bicyclic) bond motifs is 1. The van der Waals surface area contributed by atoms with Crippen molar-refractivity contribution in [3.63, 3.8) is 0 Å². The quantitative estimate of drug-likeness (QED) is 0.748. The number of carbonyl (C=O) groups is 1. The highest BCUT2D eigenvalue weighted by atomic mass is 35.5. The van der Waals surface area contributed by atoms with Crippen molar-refractivity contribution in [3.05, 3.63) is 70.3 Å². The van der Waals surface area contributed by atoms with E-state index in [0.29, 0.717) is 10.6 Å². The number of benzene rings is 2. The van der Waals surface area contributed by atoms with Crippen molar-refractivity contribution in [1.29, 1.82) is 0 Å². The third-order valence-corrected chi connectivity index (χ3v) is 4.96. The first-order chi connectivity index (χ1) is 10.2. The van der Waals surface area contributed by atoms with Gasteiger partial charge in [0, 0.05) is 9.92 Å². The lowest BCUT2D eigenvalue weighted by Crippen LogP contribution is -2.14. The standard InChI is InChI=1S/C17H13ClO2S/c1-20-17(19)14-10-12-9-13(18)7-8-15(12)21-16(14)11-5-3-2-4-6-11/h2-10,16H,1H3. The lowest BCUT2D eigenvalue weighted by atomic mass is 10.0. The summed E-state index contributed by atoms with van der Waals surface area (Å²) in [6.07, 6.45) is 1.88. The molecule has 1 aliphatic heterocycles. The van der Waals surface area contributed by atoms with Crippen LogP contribution >= 0.6 is 23.4 Å². The Hall–Kier alpha value is -1.71. The molecule has 1 aliphatic rings. The van der Waals surface area contributed by atoms with E-state index in [9.17, 15) is 4.79 Å². The maximum atomic E-state index is 12.1. The molecule has 0 aromatic heterocycles. The van der Waals surface area contributed by atoms with E-state index < -0.39 is 0 Å². The number of thioether (sulfide) groups is 1. The SMILES string of the molecule is COC(=O)C1=Cc2cc(Cl)ccc2SC1c1ccccc1. The van der Waals surface area contributed by atoms with Gasteiger partial charge in [0.1, 0.15) is 0 Å². The molecule has 2 aromatic carbocycles. The number of hydrogen-bond acceptors (Lipinski definition) is 3. The van der Waals surface area contributed by atoms with Crippen LogP contribution in [-0.2, 0) is 9.53 Å². The molecular weight excluding hydrogens is 304 g/mol. The molecule has 2 aromatic rings. The summed E-state index contributed by atoms with van der Waals surface area (Å²) in [5.74, 6) is -0.304. The summed E-state index contributed by atoms with van der Waals surface area (Å²) in [6.45, 7) is 0. The molecular formula is C17H13ClO2S. The highest BCUT2D eigenvalue weighted by molar-refractivity contribution is 8.00. The maximum Gasteiger partial charge on any atom is 0.335 e. The van der Waals surface area contributed by atoms with E-state index in [4.69, 9.17) is 16.3 Å². The van der Waals surface area contributed by atoms with Crippen LogP contribution in [0.2, 0.25) is 5.02 Å². The molecule has 4 heteroatoms. The highest BCUT2D eigenvalue weighted by Crippen LogP contribution is 2.47. The summed E-state index contributed by atoms with van der Waals surface area (Å²) in [4.78, 5) is 13.2. The molecule has 0 fully saturated rings. The molecule has 0 saturated carbocycles. The van der Waals surface area contributed by atoms with Gasteiger partial charge >= 0.3 is 5.97 Å². The van der Waals surface area contributed by atoms with E-state index in [1.807, 2.05) is 54.6 Å². The molecule has 0 N–H and O–H groups in total. The van der Waals surface area contributed by atoms with Gasteiger partial charge in [-0.05, 0) is 35.4 Å². The third kappa shape index (κ3) is 2.85. The van der Waals surface area contributed by atoms with Crippen LogP contribution < -0.4 is 0 Å². The Morgan fingerprint density at radius 2 is 1.95 bits per heavy atom. The molecule has 1 heterocycles. The van der Waals surface area contributed by atoms with Gasteiger partial charge in [-0.2, -0.15) is 0 Å². The van der Waals surface area contributed by atoms with E-state index in [-0.39, 0.29) is 11.2 Å². The molecule has 1 atom stereocenters. The lowest BCUT2D eigenvalue weighted by molar-refractivity contribution is -0.136. The van der Waals surface area contributed by atoms with Gasteiger partial charge in [0.15, 0.2) is 0 Å². The van der Waals surface area contributed by atoms with Crippen molar-refractivity contribution in [1.82, 2.24) is 0 Å². The zero-order chi connectivity index (χ0) is 14.8. The van der Waals surface area contributed by atoms with Gasteiger partial charge in [-0.1, -0.05) is 41.9 Å². The molecule has 0 saturated heterocycles. The molecule has 0 radical (unpaired) electrons. The Kier molecular flexibility index (Phi) is 4.04. The van der Waals surface area contributed by atoms with E-state index in [2.05, 4.69) is 0 Å². The Bertz CT molecular complexity index is 710. The fourth-order valence-corrected chi connectivity index (χ4v) is 3.75. The van der Waals surface area contributed by atoms with Gasteiger partial charge in [0.2, 0.25) is 0 Å². The minimum atomic E-state index is -0.304. The van der Waals surface area contributed by atoms with E-state index in [1.54, 1.807) is 11.8 Å².